The molecule has 0 saturated heterocycles. The number of nitrogens with one attached hydrogen (secondary N) is 3. The molecule has 0 fully saturated rings. The van der Waals surface area contributed by atoms with Crippen LogP contribution in [-0.2, 0) is 0 Å². The number of para-hydroxylation sites is 1. The van der Waals surface area contributed by atoms with Crippen molar-refractivity contribution in [1.29, 1.82) is 5.41 Å². The molecule has 1 heterocycles. The number of hydrogen-bond acceptors (Lipinski definition) is 3. The zero-order valence-electron chi connectivity index (χ0n) is 10.3. The lowest BCUT2D eigenvalue weighted by molar-refractivity contribution is 0.100. The summed E-state index contributed by atoms with van der Waals surface area (Å²) in [6.07, 6.45) is 2.93. The van der Waals surface area contributed by atoms with Gasteiger partial charge in [-0.15, -0.1) is 12.4 Å². The van der Waals surface area contributed by atoms with E-state index in [0.29, 0.717) is 11.3 Å². The van der Waals surface area contributed by atoms with Crippen molar-refractivity contribution in [3.8, 4) is 0 Å². The third kappa shape index (κ3) is 3.11. The fourth-order valence-corrected chi connectivity index (χ4v) is 1.53. The lowest BCUT2D eigenvalue weighted by atomic mass is 10.2. The Morgan fingerprint density at radius 1 is 1.37 bits per heavy atom. The summed E-state index contributed by atoms with van der Waals surface area (Å²) in [5.74, 6) is -0.304. The molecule has 19 heavy (non-hydrogen) atoms. The number of H-pyrrole nitrogens is 1. The highest BCUT2D eigenvalue weighted by Gasteiger charge is 2.21. The van der Waals surface area contributed by atoms with E-state index in [1.54, 1.807) is 19.2 Å². The zero-order valence-corrected chi connectivity index (χ0v) is 11.1. The maximum atomic E-state index is 12.3. The number of carbonyl (C=O) groups is 1. The molecule has 0 atom stereocenters. The van der Waals surface area contributed by atoms with Crippen LogP contribution in [0.25, 0.3) is 0 Å². The maximum absolute atomic E-state index is 12.3. The van der Waals surface area contributed by atoms with Gasteiger partial charge in [0.25, 0.3) is 5.91 Å². The van der Waals surface area contributed by atoms with Gasteiger partial charge in [0.15, 0.2) is 0 Å². The smallest absolute Gasteiger partial charge is 0.268 e. The van der Waals surface area contributed by atoms with Crippen molar-refractivity contribution in [2.24, 2.45) is 0 Å². The Hall–Kier alpha value is -2.34. The first-order valence-electron chi connectivity index (χ1n) is 5.38. The average molecular weight is 280 g/mol. The summed E-state index contributed by atoms with van der Waals surface area (Å²) in [5, 5.41) is 16.8. The van der Waals surface area contributed by atoms with Gasteiger partial charge in [0, 0.05) is 13.2 Å². The molecule has 100 valence electrons. The molecular weight excluding hydrogens is 266 g/mol. The van der Waals surface area contributed by atoms with E-state index < -0.39 is 0 Å². The molecule has 0 spiro atoms. The van der Waals surface area contributed by atoms with Gasteiger partial charge < -0.3 is 5.32 Å². The van der Waals surface area contributed by atoms with Crippen LogP contribution in [0.15, 0.2) is 42.7 Å². The molecule has 0 aliphatic rings. The first-order valence-corrected chi connectivity index (χ1v) is 5.38. The molecule has 2 rings (SSSR count). The van der Waals surface area contributed by atoms with E-state index in [-0.39, 0.29) is 24.3 Å². The number of aromatic nitrogens is 2. The molecule has 6 nitrogen and oxygen atoms in total. The first-order chi connectivity index (χ1) is 8.74. The van der Waals surface area contributed by atoms with Gasteiger partial charge in [0.05, 0.1) is 17.4 Å². The van der Waals surface area contributed by atoms with Crippen LogP contribution in [0, 0.1) is 5.41 Å². The second-order valence-electron chi connectivity index (χ2n) is 3.56. The highest BCUT2D eigenvalue weighted by atomic mass is 35.5. The van der Waals surface area contributed by atoms with E-state index in [1.165, 1.54) is 17.3 Å². The minimum Gasteiger partial charge on any atom is -0.359 e. The van der Waals surface area contributed by atoms with Crippen LogP contribution in [0.3, 0.4) is 0 Å². The Balaban J connectivity index is 0.00000180. The Morgan fingerprint density at radius 3 is 2.58 bits per heavy atom. The largest absolute Gasteiger partial charge is 0.359 e. The summed E-state index contributed by atoms with van der Waals surface area (Å²) in [5.41, 5.74) is 1.03. The standard InChI is InChI=1S/C12H13N5O.ClH/c1-14-12(13)17(10-5-3-2-4-6-10)11(18)9-7-15-16-8-9;/h2-8H,1H3,(H2,13,14)(H,15,16);1H. The fraction of sp³-hybridized carbons (Fsp3) is 0.0833. The highest BCUT2D eigenvalue weighted by Crippen LogP contribution is 2.16. The molecule has 7 heteroatoms. The third-order valence-electron chi connectivity index (χ3n) is 2.42. The molecule has 0 radical (unpaired) electrons. The van der Waals surface area contributed by atoms with Crippen LogP contribution in [0.1, 0.15) is 10.4 Å². The summed E-state index contributed by atoms with van der Waals surface area (Å²) < 4.78 is 0. The normalized spacial score (nSPS) is 9.32. The fourth-order valence-electron chi connectivity index (χ4n) is 1.53. The minimum atomic E-state index is -0.311. The summed E-state index contributed by atoms with van der Waals surface area (Å²) in [4.78, 5) is 13.6. The van der Waals surface area contributed by atoms with Gasteiger partial charge >= 0.3 is 0 Å². The van der Waals surface area contributed by atoms with E-state index >= 15 is 0 Å². The van der Waals surface area contributed by atoms with Crippen LogP contribution in [0.2, 0.25) is 0 Å². The third-order valence-corrected chi connectivity index (χ3v) is 2.42. The summed E-state index contributed by atoms with van der Waals surface area (Å²) in [6, 6.07) is 9.02. The van der Waals surface area contributed by atoms with E-state index in [2.05, 4.69) is 15.5 Å². The second kappa shape index (κ2) is 6.55. The van der Waals surface area contributed by atoms with Crippen molar-refractivity contribution >= 4 is 30.0 Å². The van der Waals surface area contributed by atoms with E-state index in [9.17, 15) is 4.79 Å². The molecule has 3 N–H and O–H groups in total. The number of aromatic amines is 1. The number of nitrogens with zero attached hydrogens (tertiary/aromatic N) is 2. The van der Waals surface area contributed by atoms with Crippen molar-refractivity contribution in [3.05, 3.63) is 48.3 Å². The van der Waals surface area contributed by atoms with E-state index in [4.69, 9.17) is 5.41 Å². The number of hydrogen-bond donors (Lipinski definition) is 3. The number of rotatable bonds is 2. The van der Waals surface area contributed by atoms with E-state index in [0.717, 1.165) is 0 Å². The number of amides is 1. The van der Waals surface area contributed by atoms with Gasteiger partial charge in [-0.3, -0.25) is 15.3 Å². The van der Waals surface area contributed by atoms with Crippen molar-refractivity contribution in [1.82, 2.24) is 15.5 Å². The van der Waals surface area contributed by atoms with Crippen LogP contribution < -0.4 is 10.2 Å². The molecule has 2 aromatic rings. The first kappa shape index (κ1) is 14.7. The molecule has 0 unspecified atom stereocenters. The Morgan fingerprint density at radius 2 is 2.05 bits per heavy atom. The van der Waals surface area contributed by atoms with Crippen LogP contribution >= 0.6 is 12.4 Å². The molecule has 1 aromatic heterocycles. The van der Waals surface area contributed by atoms with E-state index in [1.807, 2.05) is 18.2 Å². The number of carbonyl (C=O) groups excluding carboxylic acids is 1. The molecule has 0 bridgehead atoms. The number of guanidine groups is 1. The SMILES string of the molecule is CNC(=N)N(C(=O)c1cn[nH]c1)c1ccccc1.Cl. The van der Waals surface area contributed by atoms with Crippen molar-refractivity contribution < 1.29 is 4.79 Å². The molecule has 0 aliphatic carbocycles. The van der Waals surface area contributed by atoms with Crippen molar-refractivity contribution in [3.63, 3.8) is 0 Å². The van der Waals surface area contributed by atoms with Gasteiger partial charge in [-0.05, 0) is 12.1 Å². The highest BCUT2D eigenvalue weighted by molar-refractivity contribution is 6.21. The molecular formula is C12H14ClN5O. The number of benzene rings is 1. The van der Waals surface area contributed by atoms with Gasteiger partial charge in [-0.1, -0.05) is 18.2 Å². The number of halogens is 1. The average Bonchev–Trinajstić information content (AvgIpc) is 2.94. The number of anilines is 1. The molecule has 1 aromatic carbocycles. The van der Waals surface area contributed by atoms with Gasteiger partial charge in [-0.25, -0.2) is 4.90 Å². The second-order valence-corrected chi connectivity index (χ2v) is 3.56. The predicted molar refractivity (Wildman–Crippen MR) is 75.9 cm³/mol. The summed E-state index contributed by atoms with van der Waals surface area (Å²) in [7, 11) is 1.60. The Kier molecular flexibility index (Phi) is 5.08. The lowest BCUT2D eigenvalue weighted by Crippen LogP contribution is -2.43. The monoisotopic (exact) mass is 279 g/mol. The maximum Gasteiger partial charge on any atom is 0.268 e. The zero-order chi connectivity index (χ0) is 13.0. The Bertz CT molecular complexity index is 541. The van der Waals surface area contributed by atoms with Crippen molar-refractivity contribution in [2.75, 3.05) is 11.9 Å². The topological polar surface area (TPSA) is 84.9 Å². The van der Waals surface area contributed by atoms with Gasteiger partial charge in [-0.2, -0.15) is 5.10 Å². The molecule has 0 saturated carbocycles. The molecule has 0 aliphatic heterocycles. The lowest BCUT2D eigenvalue weighted by Gasteiger charge is -2.22. The van der Waals surface area contributed by atoms with Gasteiger partial charge in [0.2, 0.25) is 5.96 Å². The van der Waals surface area contributed by atoms with Crippen LogP contribution in [0.4, 0.5) is 5.69 Å². The summed E-state index contributed by atoms with van der Waals surface area (Å²) >= 11 is 0. The predicted octanol–water partition coefficient (Wildman–Crippen LogP) is 1.63. The minimum absolute atomic E-state index is 0. The van der Waals surface area contributed by atoms with Crippen molar-refractivity contribution in [2.45, 2.75) is 0 Å². The van der Waals surface area contributed by atoms with Crippen LogP contribution in [0.5, 0.6) is 0 Å². The Labute approximate surface area is 116 Å². The quantitative estimate of drug-likeness (QED) is 0.577. The van der Waals surface area contributed by atoms with Gasteiger partial charge in [0.1, 0.15) is 0 Å². The summed E-state index contributed by atoms with van der Waals surface area (Å²) in [6.45, 7) is 0. The van der Waals surface area contributed by atoms with Crippen LogP contribution in [-0.4, -0.2) is 29.1 Å². The molecule has 1 amide bonds.